The van der Waals surface area contributed by atoms with Gasteiger partial charge in [-0.05, 0) is 35.0 Å². The van der Waals surface area contributed by atoms with Gasteiger partial charge in [0.25, 0.3) is 0 Å². The average Bonchev–Trinajstić information content (AvgIpc) is 2.86. The highest BCUT2D eigenvalue weighted by Gasteiger charge is 1.95. The first kappa shape index (κ1) is 23.7. The summed E-state index contributed by atoms with van der Waals surface area (Å²) in [5.74, 6) is 0.700. The molecular weight excluding hydrogens is 425 g/mol. The highest BCUT2D eigenvalue weighted by Crippen LogP contribution is 2.23. The van der Waals surface area contributed by atoms with E-state index < -0.39 is 0 Å². The third-order valence-electron chi connectivity index (χ3n) is 5.05. The monoisotopic (exact) mass is 451 g/mol. The molecule has 0 saturated carbocycles. The number of phenols is 2. The molecule has 0 aliphatic heterocycles. The van der Waals surface area contributed by atoms with Gasteiger partial charge in [-0.3, -0.25) is 4.98 Å². The number of hydrogen-bond donors (Lipinski definition) is 2. The molecule has 1 heterocycles. The highest BCUT2D eigenvalue weighted by molar-refractivity contribution is 6.92. The fourth-order valence-electron chi connectivity index (χ4n) is 3.43. The summed E-state index contributed by atoms with van der Waals surface area (Å²) < 4.78 is 0. The van der Waals surface area contributed by atoms with E-state index in [1.54, 1.807) is 12.1 Å². The third kappa shape index (κ3) is 6.06. The lowest BCUT2D eigenvalue weighted by Gasteiger charge is -1.97. The molecule has 164 valence electrons. The number of fused-ring (bicyclic) bond motifs is 3. The van der Waals surface area contributed by atoms with Gasteiger partial charge in [0.05, 0.1) is 5.52 Å². The zero-order valence-corrected chi connectivity index (χ0v) is 19.6. The van der Waals surface area contributed by atoms with Crippen molar-refractivity contribution < 1.29 is 10.2 Å². The molecule has 5 aromatic carbocycles. The third-order valence-corrected chi connectivity index (χ3v) is 5.05. The van der Waals surface area contributed by atoms with Gasteiger partial charge in [-0.2, -0.15) is 9.90 Å². The standard InChI is InChI=1S/2C10H8O.C9H7N.H3P/c2*11-10-7-3-5-8-4-1-2-6-9(8)10;1-2-6-9-8(4-1)5-3-7-10-9;/h2*1-7,11H;1-7H;1H3. The first-order valence-corrected chi connectivity index (χ1v) is 10.4. The summed E-state index contributed by atoms with van der Waals surface area (Å²) in [5, 5.41) is 23.9. The topological polar surface area (TPSA) is 53.4 Å². The number of benzene rings is 5. The first-order valence-electron chi connectivity index (χ1n) is 10.4. The number of hydrogen-bond acceptors (Lipinski definition) is 3. The van der Waals surface area contributed by atoms with E-state index in [2.05, 4.69) is 17.1 Å². The molecule has 6 aromatic rings. The normalized spacial score (nSPS) is 9.82. The van der Waals surface area contributed by atoms with Gasteiger partial charge in [0, 0.05) is 22.4 Å². The molecule has 1 unspecified atom stereocenters. The van der Waals surface area contributed by atoms with E-state index in [0.717, 1.165) is 27.1 Å². The van der Waals surface area contributed by atoms with Crippen molar-refractivity contribution in [1.82, 2.24) is 4.98 Å². The number of phenolic OH excluding ortho intramolecular Hbond substituents is 2. The van der Waals surface area contributed by atoms with Crippen molar-refractivity contribution in [2.45, 2.75) is 0 Å². The minimum atomic E-state index is 0. The van der Waals surface area contributed by atoms with Crippen LogP contribution in [0.4, 0.5) is 0 Å². The SMILES string of the molecule is Oc1cccc2ccccc12.Oc1cccc2ccccc12.P.c1ccc2ncccc2c1. The van der Waals surface area contributed by atoms with E-state index in [0.29, 0.717) is 11.5 Å². The van der Waals surface area contributed by atoms with E-state index in [-0.39, 0.29) is 9.90 Å². The smallest absolute Gasteiger partial charge is 0.123 e. The lowest BCUT2D eigenvalue weighted by atomic mass is 10.1. The summed E-state index contributed by atoms with van der Waals surface area (Å²) in [7, 11) is 0. The van der Waals surface area contributed by atoms with Crippen molar-refractivity contribution in [3.63, 3.8) is 0 Å². The maximum absolute atomic E-state index is 9.37. The maximum atomic E-state index is 9.37. The van der Waals surface area contributed by atoms with Crippen molar-refractivity contribution in [2.24, 2.45) is 0 Å². The van der Waals surface area contributed by atoms with Gasteiger partial charge in [-0.1, -0.05) is 97.1 Å². The van der Waals surface area contributed by atoms with Gasteiger partial charge in [0.15, 0.2) is 0 Å². The zero-order valence-electron chi connectivity index (χ0n) is 18.2. The number of nitrogens with zero attached hydrogens (tertiary/aromatic N) is 1. The predicted molar refractivity (Wildman–Crippen MR) is 144 cm³/mol. The molecule has 1 aromatic heterocycles. The summed E-state index contributed by atoms with van der Waals surface area (Å²) in [6.07, 6.45) is 1.81. The average molecular weight is 452 g/mol. The molecule has 3 nitrogen and oxygen atoms in total. The zero-order chi connectivity index (χ0) is 22.2. The lowest BCUT2D eigenvalue weighted by Crippen LogP contribution is -1.73. The molecule has 0 fully saturated rings. The maximum Gasteiger partial charge on any atom is 0.123 e. The molecule has 33 heavy (non-hydrogen) atoms. The second-order valence-electron chi connectivity index (χ2n) is 7.19. The molecule has 0 radical (unpaired) electrons. The first-order chi connectivity index (χ1) is 15.7. The summed E-state index contributed by atoms with van der Waals surface area (Å²) in [4.78, 5) is 4.18. The van der Waals surface area contributed by atoms with Gasteiger partial charge in [0.2, 0.25) is 0 Å². The summed E-state index contributed by atoms with van der Waals surface area (Å²) in [6.45, 7) is 0. The molecule has 0 bridgehead atoms. The van der Waals surface area contributed by atoms with Gasteiger partial charge in [-0.15, -0.1) is 0 Å². The molecule has 0 amide bonds. The second kappa shape index (κ2) is 11.6. The molecule has 0 aliphatic carbocycles. The van der Waals surface area contributed by atoms with Gasteiger partial charge in [0.1, 0.15) is 11.5 Å². The Bertz CT molecular complexity index is 1310. The van der Waals surface area contributed by atoms with Crippen LogP contribution in [0.25, 0.3) is 32.4 Å². The van der Waals surface area contributed by atoms with E-state index in [1.165, 1.54) is 5.39 Å². The molecule has 2 N–H and O–H groups in total. The minimum Gasteiger partial charge on any atom is -0.507 e. The van der Waals surface area contributed by atoms with Crippen LogP contribution in [0.5, 0.6) is 11.5 Å². The Morgan fingerprint density at radius 2 is 0.848 bits per heavy atom. The second-order valence-corrected chi connectivity index (χ2v) is 7.19. The van der Waals surface area contributed by atoms with Crippen molar-refractivity contribution in [3.05, 3.63) is 128 Å². The van der Waals surface area contributed by atoms with Crippen LogP contribution >= 0.6 is 9.90 Å². The number of aromatic nitrogens is 1. The predicted octanol–water partition coefficient (Wildman–Crippen LogP) is 7.38. The van der Waals surface area contributed by atoms with Crippen LogP contribution in [0, 0.1) is 0 Å². The van der Waals surface area contributed by atoms with Crippen molar-refractivity contribution in [3.8, 4) is 11.5 Å². The Labute approximate surface area is 196 Å². The fraction of sp³-hybridized carbons (Fsp3) is 0. The van der Waals surface area contributed by atoms with Gasteiger partial charge >= 0.3 is 0 Å². The van der Waals surface area contributed by atoms with Gasteiger partial charge in [-0.25, -0.2) is 0 Å². The Morgan fingerprint density at radius 3 is 1.36 bits per heavy atom. The molecular formula is C29H26NO2P. The van der Waals surface area contributed by atoms with Crippen molar-refractivity contribution in [1.29, 1.82) is 0 Å². The van der Waals surface area contributed by atoms with E-state index in [9.17, 15) is 10.2 Å². The summed E-state index contributed by atoms with van der Waals surface area (Å²) >= 11 is 0. The summed E-state index contributed by atoms with van der Waals surface area (Å²) in [6, 6.07) is 38.7. The van der Waals surface area contributed by atoms with Crippen LogP contribution in [-0.2, 0) is 0 Å². The van der Waals surface area contributed by atoms with Crippen LogP contribution in [0.15, 0.2) is 128 Å². The van der Waals surface area contributed by atoms with Crippen molar-refractivity contribution in [2.75, 3.05) is 0 Å². The fourth-order valence-corrected chi connectivity index (χ4v) is 3.43. The molecule has 6 rings (SSSR count). The van der Waals surface area contributed by atoms with Crippen LogP contribution in [0.2, 0.25) is 0 Å². The van der Waals surface area contributed by atoms with Crippen LogP contribution < -0.4 is 0 Å². The quantitative estimate of drug-likeness (QED) is 0.237. The van der Waals surface area contributed by atoms with Crippen molar-refractivity contribution >= 4 is 42.3 Å². The van der Waals surface area contributed by atoms with E-state index >= 15 is 0 Å². The lowest BCUT2D eigenvalue weighted by molar-refractivity contribution is 0.481. The Kier molecular flexibility index (Phi) is 8.35. The molecule has 4 heteroatoms. The molecule has 1 atom stereocenters. The largest absolute Gasteiger partial charge is 0.507 e. The number of rotatable bonds is 0. The molecule has 0 saturated heterocycles. The minimum absolute atomic E-state index is 0. The number of para-hydroxylation sites is 1. The van der Waals surface area contributed by atoms with Crippen LogP contribution in [-0.4, -0.2) is 15.2 Å². The Morgan fingerprint density at radius 1 is 0.424 bits per heavy atom. The van der Waals surface area contributed by atoms with E-state index in [1.807, 2.05) is 103 Å². The van der Waals surface area contributed by atoms with Crippen LogP contribution in [0.1, 0.15) is 0 Å². The van der Waals surface area contributed by atoms with Gasteiger partial charge < -0.3 is 10.2 Å². The summed E-state index contributed by atoms with van der Waals surface area (Å²) in [5.41, 5.74) is 1.06. The Balaban J connectivity index is 0.000000137. The molecule has 0 spiro atoms. The molecule has 0 aliphatic rings. The highest BCUT2D eigenvalue weighted by atomic mass is 31.0. The van der Waals surface area contributed by atoms with Crippen LogP contribution in [0.3, 0.4) is 0 Å². The number of pyridine rings is 1. The number of aromatic hydroxyl groups is 2. The van der Waals surface area contributed by atoms with E-state index in [4.69, 9.17) is 0 Å². The Hall–Kier alpha value is -3.94.